The molecular formula is C18H13FO2. The van der Waals surface area contributed by atoms with Gasteiger partial charge in [0.05, 0.1) is 12.7 Å². The molecule has 0 N–H and O–H groups in total. The van der Waals surface area contributed by atoms with Crippen molar-refractivity contribution in [3.8, 4) is 16.9 Å². The Morgan fingerprint density at radius 3 is 2.48 bits per heavy atom. The Labute approximate surface area is 121 Å². The van der Waals surface area contributed by atoms with Crippen molar-refractivity contribution in [1.29, 1.82) is 0 Å². The van der Waals surface area contributed by atoms with Crippen molar-refractivity contribution in [2.24, 2.45) is 0 Å². The Balaban J connectivity index is 2.28. The fourth-order valence-corrected chi connectivity index (χ4v) is 2.50. The molecule has 0 bridgehead atoms. The molecule has 0 aromatic heterocycles. The normalized spacial score (nSPS) is 10.6. The summed E-state index contributed by atoms with van der Waals surface area (Å²) in [6.45, 7) is 0. The molecule has 2 nitrogen and oxygen atoms in total. The molecule has 0 spiro atoms. The monoisotopic (exact) mass is 280 g/mol. The van der Waals surface area contributed by atoms with E-state index in [2.05, 4.69) is 0 Å². The standard InChI is InChI=1S/C18H13FO2/c1-21-18-9-7-14(15-4-2-3-5-16(15)18)12-6-8-17(19)13(10-12)11-20/h2-11H,1H3. The van der Waals surface area contributed by atoms with Crippen LogP contribution >= 0.6 is 0 Å². The SMILES string of the molecule is COc1ccc(-c2ccc(F)c(C=O)c2)c2ccccc12. The van der Waals surface area contributed by atoms with E-state index in [0.717, 1.165) is 27.6 Å². The number of carbonyl (C=O) groups is 1. The second kappa shape index (κ2) is 5.37. The second-order valence-electron chi connectivity index (χ2n) is 4.72. The van der Waals surface area contributed by atoms with Crippen molar-refractivity contribution in [3.63, 3.8) is 0 Å². The molecule has 0 unspecified atom stereocenters. The zero-order valence-corrected chi connectivity index (χ0v) is 11.5. The van der Waals surface area contributed by atoms with E-state index < -0.39 is 5.82 Å². The maximum absolute atomic E-state index is 13.5. The van der Waals surface area contributed by atoms with Crippen molar-refractivity contribution >= 4 is 17.1 Å². The quantitative estimate of drug-likeness (QED) is 0.662. The van der Waals surface area contributed by atoms with Gasteiger partial charge in [-0.3, -0.25) is 4.79 Å². The lowest BCUT2D eigenvalue weighted by Crippen LogP contribution is -1.91. The van der Waals surface area contributed by atoms with Gasteiger partial charge in [-0.05, 0) is 34.7 Å². The minimum atomic E-state index is -0.508. The molecule has 0 radical (unpaired) electrons. The van der Waals surface area contributed by atoms with Gasteiger partial charge in [0, 0.05) is 5.39 Å². The molecule has 3 aromatic rings. The molecule has 0 atom stereocenters. The van der Waals surface area contributed by atoms with E-state index in [1.165, 1.54) is 6.07 Å². The predicted octanol–water partition coefficient (Wildman–Crippen LogP) is 4.47. The minimum Gasteiger partial charge on any atom is -0.496 e. The summed E-state index contributed by atoms with van der Waals surface area (Å²) in [5.74, 6) is 0.277. The average molecular weight is 280 g/mol. The van der Waals surface area contributed by atoms with E-state index in [1.54, 1.807) is 19.2 Å². The third kappa shape index (κ3) is 2.27. The topological polar surface area (TPSA) is 26.3 Å². The van der Waals surface area contributed by atoms with E-state index in [-0.39, 0.29) is 5.56 Å². The summed E-state index contributed by atoms with van der Waals surface area (Å²) in [6, 6.07) is 16.2. The van der Waals surface area contributed by atoms with E-state index in [1.807, 2.05) is 36.4 Å². The molecule has 0 saturated carbocycles. The lowest BCUT2D eigenvalue weighted by atomic mass is 9.96. The van der Waals surface area contributed by atoms with Gasteiger partial charge in [0.2, 0.25) is 0 Å². The van der Waals surface area contributed by atoms with Crippen molar-refractivity contribution < 1.29 is 13.9 Å². The van der Waals surface area contributed by atoms with Gasteiger partial charge in [0.1, 0.15) is 11.6 Å². The third-order valence-corrected chi connectivity index (χ3v) is 3.54. The molecule has 0 aliphatic carbocycles. The number of hydrogen-bond acceptors (Lipinski definition) is 2. The van der Waals surface area contributed by atoms with Crippen LogP contribution in [0.25, 0.3) is 21.9 Å². The lowest BCUT2D eigenvalue weighted by Gasteiger charge is -2.11. The number of carbonyl (C=O) groups excluding carboxylic acids is 1. The van der Waals surface area contributed by atoms with Crippen LogP contribution in [0.4, 0.5) is 4.39 Å². The highest BCUT2D eigenvalue weighted by atomic mass is 19.1. The number of methoxy groups -OCH3 is 1. The van der Waals surface area contributed by atoms with Gasteiger partial charge < -0.3 is 4.74 Å². The Morgan fingerprint density at radius 2 is 1.76 bits per heavy atom. The number of fused-ring (bicyclic) bond motifs is 1. The number of ether oxygens (including phenoxy) is 1. The Hall–Kier alpha value is -2.68. The first-order chi connectivity index (χ1) is 10.2. The molecule has 0 aliphatic heterocycles. The molecule has 3 rings (SSSR count). The highest BCUT2D eigenvalue weighted by Gasteiger charge is 2.10. The molecule has 3 aromatic carbocycles. The number of aldehydes is 1. The summed E-state index contributed by atoms with van der Waals surface area (Å²) in [5, 5.41) is 1.98. The van der Waals surface area contributed by atoms with Crippen LogP contribution in [-0.4, -0.2) is 13.4 Å². The molecule has 3 heteroatoms. The fourth-order valence-electron chi connectivity index (χ4n) is 2.50. The number of halogens is 1. The highest BCUT2D eigenvalue weighted by Crippen LogP contribution is 2.34. The van der Waals surface area contributed by atoms with Crippen LogP contribution in [-0.2, 0) is 0 Å². The zero-order valence-electron chi connectivity index (χ0n) is 11.5. The van der Waals surface area contributed by atoms with Crippen LogP contribution < -0.4 is 4.74 Å². The molecular weight excluding hydrogens is 267 g/mol. The number of benzene rings is 3. The number of rotatable bonds is 3. The van der Waals surface area contributed by atoms with Gasteiger partial charge in [-0.15, -0.1) is 0 Å². The van der Waals surface area contributed by atoms with Gasteiger partial charge in [0.15, 0.2) is 6.29 Å². The van der Waals surface area contributed by atoms with Crippen molar-refractivity contribution in [3.05, 3.63) is 66.0 Å². The van der Waals surface area contributed by atoms with Gasteiger partial charge >= 0.3 is 0 Å². The van der Waals surface area contributed by atoms with E-state index in [0.29, 0.717) is 6.29 Å². The van der Waals surface area contributed by atoms with Gasteiger partial charge in [-0.25, -0.2) is 4.39 Å². The molecule has 21 heavy (non-hydrogen) atoms. The lowest BCUT2D eigenvalue weighted by molar-refractivity contribution is 0.112. The molecule has 0 amide bonds. The first-order valence-electron chi connectivity index (χ1n) is 6.55. The molecule has 104 valence electrons. The van der Waals surface area contributed by atoms with Gasteiger partial charge in [-0.2, -0.15) is 0 Å². The average Bonchev–Trinajstić information content (AvgIpc) is 2.54. The van der Waals surface area contributed by atoms with Gasteiger partial charge in [-0.1, -0.05) is 36.4 Å². The predicted molar refractivity (Wildman–Crippen MR) is 81.3 cm³/mol. The van der Waals surface area contributed by atoms with E-state index in [4.69, 9.17) is 4.74 Å². The van der Waals surface area contributed by atoms with Crippen LogP contribution in [0.2, 0.25) is 0 Å². The second-order valence-corrected chi connectivity index (χ2v) is 4.72. The van der Waals surface area contributed by atoms with Crippen molar-refractivity contribution in [2.75, 3.05) is 7.11 Å². The summed E-state index contributed by atoms with van der Waals surface area (Å²) >= 11 is 0. The molecule has 0 aliphatic rings. The summed E-state index contributed by atoms with van der Waals surface area (Å²) in [7, 11) is 1.63. The minimum absolute atomic E-state index is 0.0624. The molecule has 0 fully saturated rings. The van der Waals surface area contributed by atoms with Crippen molar-refractivity contribution in [2.45, 2.75) is 0 Å². The van der Waals surface area contributed by atoms with Crippen LogP contribution in [0.3, 0.4) is 0 Å². The first-order valence-corrected chi connectivity index (χ1v) is 6.55. The van der Waals surface area contributed by atoms with Crippen LogP contribution in [0.5, 0.6) is 5.75 Å². The van der Waals surface area contributed by atoms with E-state index in [9.17, 15) is 9.18 Å². The number of hydrogen-bond donors (Lipinski definition) is 0. The Kier molecular flexibility index (Phi) is 3.40. The Morgan fingerprint density at radius 1 is 1.00 bits per heavy atom. The summed E-state index contributed by atoms with van der Waals surface area (Å²) < 4.78 is 18.8. The largest absolute Gasteiger partial charge is 0.496 e. The summed E-state index contributed by atoms with van der Waals surface area (Å²) in [5.41, 5.74) is 1.80. The first kappa shape index (κ1) is 13.3. The van der Waals surface area contributed by atoms with Crippen LogP contribution in [0.1, 0.15) is 10.4 Å². The fraction of sp³-hybridized carbons (Fsp3) is 0.0556. The highest BCUT2D eigenvalue weighted by molar-refractivity contribution is 6.00. The third-order valence-electron chi connectivity index (χ3n) is 3.54. The maximum Gasteiger partial charge on any atom is 0.153 e. The molecule has 0 saturated heterocycles. The van der Waals surface area contributed by atoms with Crippen molar-refractivity contribution in [1.82, 2.24) is 0 Å². The van der Waals surface area contributed by atoms with E-state index >= 15 is 0 Å². The Bertz CT molecular complexity index is 825. The zero-order chi connectivity index (χ0) is 14.8. The van der Waals surface area contributed by atoms with Crippen LogP contribution in [0, 0.1) is 5.82 Å². The summed E-state index contributed by atoms with van der Waals surface area (Å²) in [4.78, 5) is 10.9. The molecule has 0 heterocycles. The van der Waals surface area contributed by atoms with Crippen LogP contribution in [0.15, 0.2) is 54.6 Å². The smallest absolute Gasteiger partial charge is 0.153 e. The maximum atomic E-state index is 13.5. The summed E-state index contributed by atoms with van der Waals surface area (Å²) in [6.07, 6.45) is 0.532. The van der Waals surface area contributed by atoms with Gasteiger partial charge in [0.25, 0.3) is 0 Å².